The minimum Gasteiger partial charge on any atom is -0.352 e. The van der Waals surface area contributed by atoms with E-state index in [1.165, 1.54) is 0 Å². The molecule has 0 N–H and O–H groups in total. The highest BCUT2D eigenvalue weighted by Gasteiger charge is 2.23. The number of benzene rings is 1. The van der Waals surface area contributed by atoms with Gasteiger partial charge in [-0.3, -0.25) is 4.79 Å². The Labute approximate surface area is 157 Å². The first-order valence-electron chi connectivity index (χ1n) is 8.76. The standard InChI is InChI=1S/C20H18N6O/c21-15-16-3-5-17(6-4-16)20(27)26-13-11-25(12-14-26)19-8-7-18(22-23-19)24-9-1-2-10-24/h1-10H,11-14H2. The number of nitriles is 1. The van der Waals surface area contributed by atoms with E-state index in [0.717, 1.165) is 11.6 Å². The van der Waals surface area contributed by atoms with Gasteiger partial charge in [-0.1, -0.05) is 0 Å². The molecule has 0 aliphatic carbocycles. The van der Waals surface area contributed by atoms with Gasteiger partial charge in [0.15, 0.2) is 11.6 Å². The van der Waals surface area contributed by atoms with Crippen molar-refractivity contribution in [1.29, 1.82) is 5.26 Å². The Hall–Kier alpha value is -3.66. The van der Waals surface area contributed by atoms with Crippen molar-refractivity contribution in [3.63, 3.8) is 0 Å². The van der Waals surface area contributed by atoms with Gasteiger partial charge in [0, 0.05) is 44.1 Å². The van der Waals surface area contributed by atoms with Gasteiger partial charge in [-0.05, 0) is 48.5 Å². The van der Waals surface area contributed by atoms with Crippen LogP contribution in [0.4, 0.5) is 5.82 Å². The van der Waals surface area contributed by atoms with Crippen LogP contribution in [0.3, 0.4) is 0 Å². The Kier molecular flexibility index (Phi) is 4.54. The molecule has 1 saturated heterocycles. The van der Waals surface area contributed by atoms with E-state index in [-0.39, 0.29) is 5.91 Å². The van der Waals surface area contributed by atoms with Crippen LogP contribution in [0.5, 0.6) is 0 Å². The maximum atomic E-state index is 12.6. The van der Waals surface area contributed by atoms with Gasteiger partial charge in [-0.25, -0.2) is 0 Å². The molecule has 0 saturated carbocycles. The summed E-state index contributed by atoms with van der Waals surface area (Å²) in [6, 6.07) is 16.6. The van der Waals surface area contributed by atoms with Gasteiger partial charge in [0.1, 0.15) is 0 Å². The number of aromatic nitrogens is 3. The summed E-state index contributed by atoms with van der Waals surface area (Å²) in [6.07, 6.45) is 3.86. The summed E-state index contributed by atoms with van der Waals surface area (Å²) in [6.45, 7) is 2.67. The molecule has 3 aromatic rings. The molecule has 0 radical (unpaired) electrons. The summed E-state index contributed by atoms with van der Waals surface area (Å²) in [5, 5.41) is 17.5. The number of carbonyl (C=O) groups is 1. The van der Waals surface area contributed by atoms with Crippen LogP contribution in [0, 0.1) is 11.3 Å². The first-order valence-corrected chi connectivity index (χ1v) is 8.76. The van der Waals surface area contributed by atoms with Crippen LogP contribution in [0.25, 0.3) is 5.82 Å². The summed E-state index contributed by atoms with van der Waals surface area (Å²) in [5.41, 5.74) is 1.16. The van der Waals surface area contributed by atoms with Crippen LogP contribution in [-0.4, -0.2) is 51.8 Å². The molecule has 1 aliphatic rings. The largest absolute Gasteiger partial charge is 0.352 e. The molecule has 27 heavy (non-hydrogen) atoms. The Balaban J connectivity index is 1.38. The zero-order valence-corrected chi connectivity index (χ0v) is 14.7. The maximum Gasteiger partial charge on any atom is 0.253 e. The molecule has 1 aliphatic heterocycles. The molecule has 4 rings (SSSR count). The maximum absolute atomic E-state index is 12.6. The zero-order valence-electron chi connectivity index (χ0n) is 14.7. The highest BCUT2D eigenvalue weighted by molar-refractivity contribution is 5.94. The normalized spacial score (nSPS) is 14.0. The zero-order chi connectivity index (χ0) is 18.6. The SMILES string of the molecule is N#Cc1ccc(C(=O)N2CCN(c3ccc(-n4cccc4)nn3)CC2)cc1. The minimum absolute atomic E-state index is 0.00632. The third kappa shape index (κ3) is 3.51. The van der Waals surface area contributed by atoms with E-state index in [4.69, 9.17) is 5.26 Å². The van der Waals surface area contributed by atoms with Gasteiger partial charge < -0.3 is 14.4 Å². The number of carbonyl (C=O) groups excluding carboxylic acids is 1. The first kappa shape index (κ1) is 16.8. The number of amides is 1. The number of piperazine rings is 1. The second kappa shape index (κ2) is 7.30. The van der Waals surface area contributed by atoms with Crippen LogP contribution in [0.2, 0.25) is 0 Å². The van der Waals surface area contributed by atoms with Gasteiger partial charge in [0.2, 0.25) is 0 Å². The summed E-state index contributed by atoms with van der Waals surface area (Å²) in [7, 11) is 0. The summed E-state index contributed by atoms with van der Waals surface area (Å²) < 4.78 is 1.91. The molecular formula is C20H18N6O. The molecule has 0 unspecified atom stereocenters. The van der Waals surface area contributed by atoms with E-state index >= 15 is 0 Å². The second-order valence-corrected chi connectivity index (χ2v) is 6.31. The summed E-state index contributed by atoms with van der Waals surface area (Å²) in [5.74, 6) is 1.59. The number of hydrogen-bond donors (Lipinski definition) is 0. The van der Waals surface area contributed by atoms with Crippen LogP contribution in [-0.2, 0) is 0 Å². The molecule has 0 spiro atoms. The Morgan fingerprint density at radius 3 is 2.11 bits per heavy atom. The lowest BCUT2D eigenvalue weighted by molar-refractivity contribution is 0.0746. The second-order valence-electron chi connectivity index (χ2n) is 6.31. The number of nitrogens with zero attached hydrogens (tertiary/aromatic N) is 6. The van der Waals surface area contributed by atoms with E-state index in [2.05, 4.69) is 21.2 Å². The molecule has 134 valence electrons. The van der Waals surface area contributed by atoms with Crippen molar-refractivity contribution in [2.45, 2.75) is 0 Å². The molecule has 7 heteroatoms. The monoisotopic (exact) mass is 358 g/mol. The van der Waals surface area contributed by atoms with Crippen molar-refractivity contribution in [3.8, 4) is 11.9 Å². The van der Waals surface area contributed by atoms with E-state index in [9.17, 15) is 4.79 Å². The van der Waals surface area contributed by atoms with Gasteiger partial charge >= 0.3 is 0 Å². The Morgan fingerprint density at radius 2 is 1.52 bits per heavy atom. The molecule has 0 atom stereocenters. The highest BCUT2D eigenvalue weighted by atomic mass is 16.2. The van der Waals surface area contributed by atoms with Crippen molar-refractivity contribution in [1.82, 2.24) is 19.7 Å². The fraction of sp³-hybridized carbons (Fsp3) is 0.200. The lowest BCUT2D eigenvalue weighted by atomic mass is 10.1. The van der Waals surface area contributed by atoms with Crippen LogP contribution in [0.1, 0.15) is 15.9 Å². The van der Waals surface area contributed by atoms with E-state index in [1.807, 2.05) is 46.1 Å². The Morgan fingerprint density at radius 1 is 0.889 bits per heavy atom. The Bertz CT molecular complexity index is 949. The van der Waals surface area contributed by atoms with Gasteiger partial charge in [0.25, 0.3) is 5.91 Å². The van der Waals surface area contributed by atoms with Crippen molar-refractivity contribution in [2.75, 3.05) is 31.1 Å². The predicted molar refractivity (Wildman–Crippen MR) is 101 cm³/mol. The van der Waals surface area contributed by atoms with Gasteiger partial charge in [-0.15, -0.1) is 10.2 Å². The number of rotatable bonds is 3. The lowest BCUT2D eigenvalue weighted by Crippen LogP contribution is -2.49. The lowest BCUT2D eigenvalue weighted by Gasteiger charge is -2.35. The van der Waals surface area contributed by atoms with Crippen molar-refractivity contribution in [3.05, 3.63) is 72.1 Å². The average Bonchev–Trinajstić information content (AvgIpc) is 3.28. The predicted octanol–water partition coefficient (Wildman–Crippen LogP) is 2.10. The van der Waals surface area contributed by atoms with E-state index < -0.39 is 0 Å². The fourth-order valence-corrected chi connectivity index (χ4v) is 3.12. The summed E-state index contributed by atoms with van der Waals surface area (Å²) >= 11 is 0. The van der Waals surface area contributed by atoms with E-state index in [0.29, 0.717) is 37.3 Å². The minimum atomic E-state index is -0.00632. The molecule has 3 heterocycles. The van der Waals surface area contributed by atoms with Crippen LogP contribution >= 0.6 is 0 Å². The third-order valence-electron chi connectivity index (χ3n) is 4.66. The molecular weight excluding hydrogens is 340 g/mol. The average molecular weight is 358 g/mol. The van der Waals surface area contributed by atoms with Crippen molar-refractivity contribution >= 4 is 11.7 Å². The fourth-order valence-electron chi connectivity index (χ4n) is 3.12. The van der Waals surface area contributed by atoms with Gasteiger partial charge in [0.05, 0.1) is 11.6 Å². The molecule has 0 bridgehead atoms. The molecule has 1 amide bonds. The number of anilines is 1. The first-order chi connectivity index (χ1) is 13.2. The highest BCUT2D eigenvalue weighted by Crippen LogP contribution is 2.16. The van der Waals surface area contributed by atoms with Crippen molar-refractivity contribution < 1.29 is 4.79 Å². The molecule has 7 nitrogen and oxygen atoms in total. The third-order valence-corrected chi connectivity index (χ3v) is 4.66. The van der Waals surface area contributed by atoms with Crippen molar-refractivity contribution in [2.24, 2.45) is 0 Å². The van der Waals surface area contributed by atoms with Gasteiger partial charge in [-0.2, -0.15) is 5.26 Å². The summed E-state index contributed by atoms with van der Waals surface area (Å²) in [4.78, 5) is 16.6. The quantitative estimate of drug-likeness (QED) is 0.716. The topological polar surface area (TPSA) is 78.0 Å². The van der Waals surface area contributed by atoms with Crippen LogP contribution in [0.15, 0.2) is 60.9 Å². The van der Waals surface area contributed by atoms with Crippen LogP contribution < -0.4 is 4.90 Å². The van der Waals surface area contributed by atoms with E-state index in [1.54, 1.807) is 24.3 Å². The molecule has 2 aromatic heterocycles. The number of hydrogen-bond acceptors (Lipinski definition) is 5. The molecule has 1 aromatic carbocycles. The smallest absolute Gasteiger partial charge is 0.253 e. The molecule has 1 fully saturated rings.